The number of ether oxygens (including phenoxy) is 1. The average molecular weight is 295 g/mol. The van der Waals surface area contributed by atoms with Crippen molar-refractivity contribution in [2.75, 3.05) is 32.8 Å². The van der Waals surface area contributed by atoms with Crippen LogP contribution in [0, 0.1) is 0 Å². The van der Waals surface area contributed by atoms with Crippen LogP contribution >= 0.6 is 0 Å². The summed E-state index contributed by atoms with van der Waals surface area (Å²) >= 11 is 0. The minimum Gasteiger partial charge on any atom is -0.480 e. The van der Waals surface area contributed by atoms with Gasteiger partial charge >= 0.3 is 5.97 Å². The van der Waals surface area contributed by atoms with Gasteiger partial charge in [-0.25, -0.2) is 9.48 Å². The van der Waals surface area contributed by atoms with E-state index in [1.807, 2.05) is 0 Å². The number of carboxylic acid groups (broad SMARTS) is 1. The van der Waals surface area contributed by atoms with Crippen LogP contribution in [0.1, 0.15) is 23.5 Å². The molecule has 2 N–H and O–H groups in total. The Bertz CT molecular complexity index is 562. The first kappa shape index (κ1) is 14.0. The van der Waals surface area contributed by atoms with Crippen LogP contribution in [-0.2, 0) is 9.53 Å². The number of nitrogens with zero attached hydrogens (tertiary/aromatic N) is 4. The van der Waals surface area contributed by atoms with Crippen LogP contribution in [0.2, 0.25) is 0 Å². The zero-order valence-corrected chi connectivity index (χ0v) is 11.7. The lowest BCUT2D eigenvalue weighted by Gasteiger charge is -2.46. The quantitative estimate of drug-likeness (QED) is 0.697. The Hall–Kier alpha value is -2.00. The fraction of sp³-hybridized carbons (Fsp3) is 0.667. The van der Waals surface area contributed by atoms with Crippen molar-refractivity contribution in [3.8, 4) is 0 Å². The summed E-state index contributed by atoms with van der Waals surface area (Å²) in [5.74, 6) is -1.22. The molecule has 0 spiro atoms. The lowest BCUT2D eigenvalue weighted by atomic mass is 9.96. The maximum Gasteiger partial charge on any atom is 0.329 e. The third-order valence-electron chi connectivity index (χ3n) is 3.75. The van der Waals surface area contributed by atoms with E-state index >= 15 is 0 Å². The molecule has 2 aliphatic heterocycles. The molecule has 0 aromatic carbocycles. The maximum absolute atomic E-state index is 12.2. The third-order valence-corrected chi connectivity index (χ3v) is 3.75. The summed E-state index contributed by atoms with van der Waals surface area (Å²) in [6, 6.07) is 0.264. The van der Waals surface area contributed by atoms with Gasteiger partial charge < -0.3 is 20.1 Å². The second-order valence-electron chi connectivity index (χ2n) is 5.69. The number of amides is 1. The molecule has 1 amide bonds. The van der Waals surface area contributed by atoms with E-state index in [9.17, 15) is 9.59 Å². The Morgan fingerprint density at radius 2 is 2.24 bits per heavy atom. The third kappa shape index (κ3) is 2.74. The van der Waals surface area contributed by atoms with E-state index in [1.165, 1.54) is 0 Å². The lowest BCUT2D eigenvalue weighted by molar-refractivity contribution is -0.159. The summed E-state index contributed by atoms with van der Waals surface area (Å²) < 4.78 is 6.97. The van der Waals surface area contributed by atoms with Crippen molar-refractivity contribution in [2.24, 2.45) is 0 Å². The number of carbonyl (C=O) groups excluding carboxylic acids is 1. The fourth-order valence-corrected chi connectivity index (χ4v) is 2.41. The molecule has 3 rings (SSSR count). The summed E-state index contributed by atoms with van der Waals surface area (Å²) in [6.45, 7) is 3.82. The van der Waals surface area contributed by atoms with Crippen LogP contribution < -0.4 is 5.32 Å². The number of hydrogen-bond donors (Lipinski definition) is 2. The van der Waals surface area contributed by atoms with Gasteiger partial charge in [-0.05, 0) is 6.92 Å². The number of aliphatic carboxylic acids is 1. The molecule has 2 saturated heterocycles. The molecular weight excluding hydrogens is 278 g/mol. The van der Waals surface area contributed by atoms with E-state index in [0.29, 0.717) is 18.8 Å². The topological polar surface area (TPSA) is 110 Å². The molecular formula is C12H17N5O4. The highest BCUT2D eigenvalue weighted by molar-refractivity contribution is 5.92. The highest BCUT2D eigenvalue weighted by Crippen LogP contribution is 2.26. The number of carboxylic acids is 1. The minimum atomic E-state index is -1.02. The number of aromatic nitrogens is 3. The molecule has 21 heavy (non-hydrogen) atoms. The Kier molecular flexibility index (Phi) is 3.38. The molecule has 9 nitrogen and oxygen atoms in total. The molecule has 1 aromatic rings. The smallest absolute Gasteiger partial charge is 0.329 e. The first-order valence-corrected chi connectivity index (χ1v) is 6.74. The average Bonchev–Trinajstić information content (AvgIpc) is 2.79. The summed E-state index contributed by atoms with van der Waals surface area (Å²) in [6.07, 6.45) is 1.65. The van der Waals surface area contributed by atoms with E-state index < -0.39 is 11.6 Å². The second kappa shape index (κ2) is 5.08. The number of hydrogen-bond acceptors (Lipinski definition) is 6. The molecule has 0 atom stereocenters. The molecule has 0 aliphatic carbocycles. The van der Waals surface area contributed by atoms with E-state index in [4.69, 9.17) is 9.84 Å². The van der Waals surface area contributed by atoms with Gasteiger partial charge in [0.1, 0.15) is 12.2 Å². The minimum absolute atomic E-state index is 0.204. The molecule has 0 saturated carbocycles. The van der Waals surface area contributed by atoms with E-state index in [0.717, 1.165) is 13.1 Å². The molecule has 9 heteroatoms. The molecule has 2 fully saturated rings. The highest BCUT2D eigenvalue weighted by atomic mass is 16.5. The van der Waals surface area contributed by atoms with Gasteiger partial charge in [0.15, 0.2) is 5.69 Å². The van der Waals surface area contributed by atoms with Crippen LogP contribution in [0.25, 0.3) is 0 Å². The lowest BCUT2D eigenvalue weighted by Crippen LogP contribution is -2.63. The SMILES string of the molecule is CC1(OCC(=O)O)CN(C(=O)c2cn(C3CNC3)nn2)C1. The summed E-state index contributed by atoms with van der Waals surface area (Å²) in [4.78, 5) is 24.3. The number of carbonyl (C=O) groups is 2. The molecule has 0 bridgehead atoms. The van der Waals surface area contributed by atoms with Gasteiger partial charge in [-0.1, -0.05) is 5.21 Å². The van der Waals surface area contributed by atoms with Gasteiger partial charge in [0.25, 0.3) is 5.91 Å². The van der Waals surface area contributed by atoms with Gasteiger partial charge in [-0.3, -0.25) is 4.79 Å². The predicted octanol–water partition coefficient (Wildman–Crippen LogP) is -1.26. The van der Waals surface area contributed by atoms with Gasteiger partial charge in [0, 0.05) is 13.1 Å². The standard InChI is InChI=1S/C12H17N5O4/c1-12(21-5-10(18)19)6-16(7-12)11(20)9-4-17(15-14-9)8-2-13-3-8/h4,8,13H,2-3,5-7H2,1H3,(H,18,19). The van der Waals surface area contributed by atoms with Crippen molar-refractivity contribution in [3.05, 3.63) is 11.9 Å². The van der Waals surface area contributed by atoms with Gasteiger partial charge in [0.05, 0.1) is 25.3 Å². The second-order valence-corrected chi connectivity index (χ2v) is 5.69. The molecule has 2 aliphatic rings. The molecule has 1 aromatic heterocycles. The van der Waals surface area contributed by atoms with Gasteiger partial charge in [-0.15, -0.1) is 5.10 Å². The van der Waals surface area contributed by atoms with E-state index in [-0.39, 0.29) is 18.6 Å². The van der Waals surface area contributed by atoms with E-state index in [2.05, 4.69) is 15.6 Å². The van der Waals surface area contributed by atoms with Crippen LogP contribution in [-0.4, -0.2) is 75.3 Å². The Morgan fingerprint density at radius 3 is 2.81 bits per heavy atom. The fourth-order valence-electron chi connectivity index (χ4n) is 2.41. The van der Waals surface area contributed by atoms with Crippen LogP contribution in [0.4, 0.5) is 0 Å². The van der Waals surface area contributed by atoms with Crippen LogP contribution in [0.15, 0.2) is 6.20 Å². The van der Waals surface area contributed by atoms with Crippen molar-refractivity contribution in [3.63, 3.8) is 0 Å². The van der Waals surface area contributed by atoms with Crippen molar-refractivity contribution < 1.29 is 19.4 Å². The monoisotopic (exact) mass is 295 g/mol. The normalized spacial score (nSPS) is 20.7. The first-order valence-electron chi connectivity index (χ1n) is 6.74. The van der Waals surface area contributed by atoms with Crippen molar-refractivity contribution in [1.82, 2.24) is 25.2 Å². The number of likely N-dealkylation sites (tertiary alicyclic amines) is 1. The maximum atomic E-state index is 12.2. The van der Waals surface area contributed by atoms with Crippen molar-refractivity contribution in [2.45, 2.75) is 18.6 Å². The molecule has 0 radical (unpaired) electrons. The van der Waals surface area contributed by atoms with Crippen molar-refractivity contribution >= 4 is 11.9 Å². The number of rotatable bonds is 5. The van der Waals surface area contributed by atoms with Crippen molar-refractivity contribution in [1.29, 1.82) is 0 Å². The Labute approximate surface area is 120 Å². The number of nitrogens with one attached hydrogen (secondary N) is 1. The van der Waals surface area contributed by atoms with Crippen LogP contribution in [0.3, 0.4) is 0 Å². The van der Waals surface area contributed by atoms with E-state index in [1.54, 1.807) is 22.7 Å². The van der Waals surface area contributed by atoms with Gasteiger partial charge in [-0.2, -0.15) is 0 Å². The summed E-state index contributed by atoms with van der Waals surface area (Å²) in [7, 11) is 0. The molecule has 114 valence electrons. The molecule has 3 heterocycles. The first-order chi connectivity index (χ1) is 9.97. The van der Waals surface area contributed by atoms with Crippen LogP contribution in [0.5, 0.6) is 0 Å². The summed E-state index contributed by atoms with van der Waals surface area (Å²) in [5.41, 5.74) is -0.288. The zero-order valence-electron chi connectivity index (χ0n) is 11.7. The Morgan fingerprint density at radius 1 is 1.52 bits per heavy atom. The highest BCUT2D eigenvalue weighted by Gasteiger charge is 2.43. The predicted molar refractivity (Wildman–Crippen MR) is 69.8 cm³/mol. The Balaban J connectivity index is 1.55. The summed E-state index contributed by atoms with van der Waals surface area (Å²) in [5, 5.41) is 19.6. The van der Waals surface area contributed by atoms with Gasteiger partial charge in [0.2, 0.25) is 0 Å². The zero-order chi connectivity index (χ0) is 15.0. The molecule has 0 unspecified atom stereocenters. The largest absolute Gasteiger partial charge is 0.480 e.